The smallest absolute Gasteiger partial charge is 0.210 e. The Labute approximate surface area is 155 Å². The van der Waals surface area contributed by atoms with Crippen LogP contribution in [-0.2, 0) is 10.0 Å². The Morgan fingerprint density at radius 2 is 2.08 bits per heavy atom. The van der Waals surface area contributed by atoms with Crippen molar-refractivity contribution in [2.24, 2.45) is 5.14 Å². The predicted octanol–water partition coefficient (Wildman–Crippen LogP) is 2.45. The van der Waals surface area contributed by atoms with Crippen LogP contribution in [0.2, 0.25) is 10.0 Å². The van der Waals surface area contributed by atoms with E-state index >= 15 is 0 Å². The zero-order valence-corrected chi connectivity index (χ0v) is 15.6. The molecule has 0 aliphatic rings. The number of nitrogens with zero attached hydrogens (tertiary/aromatic N) is 4. The van der Waals surface area contributed by atoms with E-state index in [1.54, 1.807) is 36.7 Å². The molecule has 0 saturated carbocycles. The second-order valence-electron chi connectivity index (χ2n) is 5.52. The van der Waals surface area contributed by atoms with Crippen molar-refractivity contribution in [3.05, 3.63) is 47.0 Å². The molecule has 0 fully saturated rings. The molecule has 0 aliphatic heterocycles. The lowest BCUT2D eigenvalue weighted by atomic mass is 10.1. The highest BCUT2D eigenvalue weighted by Crippen LogP contribution is 2.34. The van der Waals surface area contributed by atoms with E-state index in [0.29, 0.717) is 21.4 Å². The Balaban J connectivity index is 2.15. The summed E-state index contributed by atoms with van der Waals surface area (Å²) in [5.74, 6) is 0.358. The van der Waals surface area contributed by atoms with Crippen molar-refractivity contribution in [3.8, 4) is 5.69 Å². The van der Waals surface area contributed by atoms with Gasteiger partial charge >= 0.3 is 0 Å². The van der Waals surface area contributed by atoms with E-state index < -0.39 is 10.0 Å². The van der Waals surface area contributed by atoms with Crippen LogP contribution in [0.3, 0.4) is 0 Å². The molecule has 0 aliphatic carbocycles. The van der Waals surface area contributed by atoms with Crippen LogP contribution < -0.4 is 10.0 Å². The zero-order chi connectivity index (χ0) is 18.2. The van der Waals surface area contributed by atoms with Gasteiger partial charge in [-0.3, -0.25) is 0 Å². The minimum Gasteiger partial charge on any atom is -0.359 e. The largest absolute Gasteiger partial charge is 0.359 e. The van der Waals surface area contributed by atoms with E-state index in [-0.39, 0.29) is 12.3 Å². The molecule has 7 nitrogen and oxygen atoms in total. The van der Waals surface area contributed by atoms with Crippen LogP contribution >= 0.6 is 23.2 Å². The first kappa shape index (κ1) is 17.9. The second-order valence-corrected chi connectivity index (χ2v) is 8.03. The predicted molar refractivity (Wildman–Crippen MR) is 100 cm³/mol. The Morgan fingerprint density at radius 1 is 1.32 bits per heavy atom. The Morgan fingerprint density at radius 3 is 2.72 bits per heavy atom. The van der Waals surface area contributed by atoms with Gasteiger partial charge in [0.25, 0.3) is 0 Å². The van der Waals surface area contributed by atoms with E-state index in [0.717, 1.165) is 11.1 Å². The van der Waals surface area contributed by atoms with Crippen LogP contribution in [-0.4, -0.2) is 42.3 Å². The normalized spacial score (nSPS) is 11.8. The topological polar surface area (TPSA) is 94.1 Å². The van der Waals surface area contributed by atoms with Crippen molar-refractivity contribution >= 4 is 49.9 Å². The fourth-order valence-electron chi connectivity index (χ4n) is 2.39. The zero-order valence-electron chi connectivity index (χ0n) is 13.2. The van der Waals surface area contributed by atoms with E-state index in [4.69, 9.17) is 28.3 Å². The number of benzene rings is 1. The number of hydrogen-bond donors (Lipinski definition) is 1. The molecule has 0 atom stereocenters. The highest BCUT2D eigenvalue weighted by atomic mass is 35.5. The third-order valence-electron chi connectivity index (χ3n) is 3.72. The molecule has 132 valence electrons. The number of pyridine rings is 1. The highest BCUT2D eigenvalue weighted by molar-refractivity contribution is 7.89. The van der Waals surface area contributed by atoms with Gasteiger partial charge in [0.15, 0.2) is 0 Å². The van der Waals surface area contributed by atoms with E-state index in [1.807, 2.05) is 16.7 Å². The number of anilines is 1. The third-order valence-corrected chi connectivity index (χ3v) is 5.27. The van der Waals surface area contributed by atoms with Gasteiger partial charge in [-0.25, -0.2) is 23.5 Å². The van der Waals surface area contributed by atoms with Crippen LogP contribution in [0.4, 0.5) is 5.82 Å². The third kappa shape index (κ3) is 3.87. The average molecular weight is 400 g/mol. The first-order valence-corrected chi connectivity index (χ1v) is 9.72. The summed E-state index contributed by atoms with van der Waals surface area (Å²) in [7, 11) is -1.84. The summed E-state index contributed by atoms with van der Waals surface area (Å²) in [5, 5.41) is 6.61. The molecule has 0 radical (unpaired) electrons. The average Bonchev–Trinajstić information content (AvgIpc) is 3.09. The van der Waals surface area contributed by atoms with Gasteiger partial charge in [-0.15, -0.1) is 0 Å². The van der Waals surface area contributed by atoms with Gasteiger partial charge in [0.1, 0.15) is 5.82 Å². The first-order chi connectivity index (χ1) is 11.8. The monoisotopic (exact) mass is 399 g/mol. The van der Waals surface area contributed by atoms with Crippen LogP contribution in [0.1, 0.15) is 0 Å². The lowest BCUT2D eigenvalue weighted by molar-refractivity contribution is 0.597. The van der Waals surface area contributed by atoms with Gasteiger partial charge in [0, 0.05) is 37.4 Å². The first-order valence-electron chi connectivity index (χ1n) is 7.25. The minimum absolute atomic E-state index is 0.188. The molecular weight excluding hydrogens is 385 g/mol. The number of aromatic nitrogens is 3. The minimum atomic E-state index is -3.57. The molecule has 2 aromatic heterocycles. The number of rotatable bonds is 5. The van der Waals surface area contributed by atoms with Crippen LogP contribution in [0.5, 0.6) is 0 Å². The molecule has 2 N–H and O–H groups in total. The number of imidazole rings is 1. The summed E-state index contributed by atoms with van der Waals surface area (Å²) in [5.41, 5.74) is 1.33. The molecule has 0 unspecified atom stereocenters. The Hall–Kier alpha value is -1.87. The lowest BCUT2D eigenvalue weighted by Crippen LogP contribution is -2.29. The van der Waals surface area contributed by atoms with Crippen molar-refractivity contribution in [2.75, 3.05) is 24.2 Å². The van der Waals surface area contributed by atoms with Crippen molar-refractivity contribution in [1.29, 1.82) is 0 Å². The van der Waals surface area contributed by atoms with Crippen LogP contribution in [0.25, 0.3) is 16.6 Å². The number of halogens is 2. The van der Waals surface area contributed by atoms with Gasteiger partial charge in [-0.1, -0.05) is 23.2 Å². The van der Waals surface area contributed by atoms with Gasteiger partial charge in [0.05, 0.1) is 33.3 Å². The van der Waals surface area contributed by atoms with Crippen molar-refractivity contribution in [3.63, 3.8) is 0 Å². The van der Waals surface area contributed by atoms with E-state index in [2.05, 4.69) is 9.97 Å². The molecule has 0 spiro atoms. The molecule has 3 rings (SSSR count). The standard InChI is InChI=1S/C15H15Cl2N5O2S/c1-21(6-7-25(18,23)24)13-8-12(22-5-4-19-9-22)10-2-3-11(16)14(17)15(10)20-13/h2-5,8-9H,6-7H2,1H3,(H2,18,23,24). The fourth-order valence-corrected chi connectivity index (χ4v) is 3.28. The maximum absolute atomic E-state index is 11.2. The SMILES string of the molecule is CN(CCS(N)(=O)=O)c1cc(-n2ccnc2)c2ccc(Cl)c(Cl)c2n1. The van der Waals surface area contributed by atoms with Crippen LogP contribution in [0, 0.1) is 0 Å². The molecule has 0 bridgehead atoms. The molecule has 0 saturated heterocycles. The summed E-state index contributed by atoms with van der Waals surface area (Å²) in [6.07, 6.45) is 5.12. The van der Waals surface area contributed by atoms with Crippen molar-refractivity contribution < 1.29 is 8.42 Å². The molecule has 10 heteroatoms. The number of primary sulfonamides is 1. The molecule has 25 heavy (non-hydrogen) atoms. The molecule has 3 aromatic rings. The van der Waals surface area contributed by atoms with E-state index in [9.17, 15) is 8.42 Å². The maximum atomic E-state index is 11.2. The molecule has 2 heterocycles. The van der Waals surface area contributed by atoms with Crippen molar-refractivity contribution in [1.82, 2.24) is 14.5 Å². The molecule has 0 amide bonds. The Kier molecular flexibility index (Phi) is 4.88. The summed E-state index contributed by atoms with van der Waals surface area (Å²) in [4.78, 5) is 10.3. The van der Waals surface area contributed by atoms with E-state index in [1.165, 1.54) is 0 Å². The molecular formula is C15H15Cl2N5O2S. The summed E-state index contributed by atoms with van der Waals surface area (Å²) < 4.78 is 24.2. The number of fused-ring (bicyclic) bond motifs is 1. The Bertz CT molecular complexity index is 1020. The van der Waals surface area contributed by atoms with Crippen LogP contribution in [0.15, 0.2) is 36.9 Å². The van der Waals surface area contributed by atoms with Gasteiger partial charge in [-0.2, -0.15) is 0 Å². The van der Waals surface area contributed by atoms with Gasteiger partial charge in [0.2, 0.25) is 10.0 Å². The van der Waals surface area contributed by atoms with Gasteiger partial charge in [-0.05, 0) is 12.1 Å². The number of hydrogen-bond acceptors (Lipinski definition) is 5. The quantitative estimate of drug-likeness (QED) is 0.710. The fraction of sp³-hybridized carbons (Fsp3) is 0.200. The summed E-state index contributed by atoms with van der Waals surface area (Å²) in [6, 6.07) is 5.37. The summed E-state index contributed by atoms with van der Waals surface area (Å²) >= 11 is 12.4. The van der Waals surface area contributed by atoms with Gasteiger partial charge < -0.3 is 9.47 Å². The summed E-state index contributed by atoms with van der Waals surface area (Å²) in [6.45, 7) is 0.193. The lowest BCUT2D eigenvalue weighted by Gasteiger charge is -2.20. The van der Waals surface area contributed by atoms with Crippen molar-refractivity contribution in [2.45, 2.75) is 0 Å². The second kappa shape index (κ2) is 6.80. The highest BCUT2D eigenvalue weighted by Gasteiger charge is 2.15. The maximum Gasteiger partial charge on any atom is 0.210 e. The number of sulfonamides is 1. The molecule has 1 aromatic carbocycles. The number of nitrogens with two attached hydrogens (primary N) is 1.